The van der Waals surface area contributed by atoms with Crippen LogP contribution >= 0.6 is 0 Å². The van der Waals surface area contributed by atoms with Crippen molar-refractivity contribution < 1.29 is 18.7 Å². The molecular formula is C12H17FN2O3. The van der Waals surface area contributed by atoms with Crippen molar-refractivity contribution in [3.05, 3.63) is 30.1 Å². The second kappa shape index (κ2) is 8.30. The quantitative estimate of drug-likeness (QED) is 0.331. The van der Waals surface area contributed by atoms with Crippen molar-refractivity contribution in [2.24, 2.45) is 10.9 Å². The van der Waals surface area contributed by atoms with Crippen molar-refractivity contribution in [3.63, 3.8) is 0 Å². The lowest BCUT2D eigenvalue weighted by atomic mass is 10.3. The van der Waals surface area contributed by atoms with Crippen molar-refractivity contribution in [2.75, 3.05) is 26.9 Å². The van der Waals surface area contributed by atoms with Gasteiger partial charge in [0.15, 0.2) is 6.61 Å². The van der Waals surface area contributed by atoms with Gasteiger partial charge in [0, 0.05) is 13.5 Å². The molecule has 1 rings (SSSR count). The molecule has 0 radical (unpaired) electrons. The molecule has 0 aliphatic heterocycles. The largest absolute Gasteiger partial charge is 0.490 e. The van der Waals surface area contributed by atoms with Crippen molar-refractivity contribution in [2.45, 2.75) is 6.42 Å². The molecular weight excluding hydrogens is 239 g/mol. The van der Waals surface area contributed by atoms with E-state index in [-0.39, 0.29) is 12.4 Å². The number of ether oxygens (including phenoxy) is 2. The van der Waals surface area contributed by atoms with Gasteiger partial charge >= 0.3 is 0 Å². The highest BCUT2D eigenvalue weighted by molar-refractivity contribution is 5.79. The monoisotopic (exact) mass is 256 g/mol. The summed E-state index contributed by atoms with van der Waals surface area (Å²) in [7, 11) is 1.59. The minimum absolute atomic E-state index is 0.269. The van der Waals surface area contributed by atoms with Gasteiger partial charge < -0.3 is 20.0 Å². The Morgan fingerprint density at radius 3 is 2.61 bits per heavy atom. The molecule has 18 heavy (non-hydrogen) atoms. The van der Waals surface area contributed by atoms with E-state index in [0.717, 1.165) is 0 Å². The van der Waals surface area contributed by atoms with Crippen LogP contribution in [-0.2, 0) is 9.57 Å². The predicted molar refractivity (Wildman–Crippen MR) is 66.0 cm³/mol. The highest BCUT2D eigenvalue weighted by atomic mass is 19.1. The average molecular weight is 256 g/mol. The second-order valence-corrected chi connectivity index (χ2v) is 3.46. The molecule has 100 valence electrons. The summed E-state index contributed by atoms with van der Waals surface area (Å²) in [6, 6.07) is 5.76. The van der Waals surface area contributed by atoms with Crippen LogP contribution < -0.4 is 10.5 Å². The third-order valence-corrected chi connectivity index (χ3v) is 2.00. The summed E-state index contributed by atoms with van der Waals surface area (Å²) in [4.78, 5) is 4.95. The molecule has 0 unspecified atom stereocenters. The molecule has 5 nitrogen and oxygen atoms in total. The fraction of sp³-hybridized carbons (Fsp3) is 0.417. The lowest BCUT2D eigenvalue weighted by Gasteiger charge is -2.05. The average Bonchev–Trinajstić information content (AvgIpc) is 2.38. The maximum Gasteiger partial charge on any atom is 0.151 e. The van der Waals surface area contributed by atoms with Gasteiger partial charge in [0.25, 0.3) is 0 Å². The number of hydrogen-bond acceptors (Lipinski definition) is 4. The van der Waals surface area contributed by atoms with Crippen molar-refractivity contribution >= 4 is 5.84 Å². The summed E-state index contributed by atoms with van der Waals surface area (Å²) in [5.74, 6) is 0.657. The third-order valence-electron chi connectivity index (χ3n) is 2.00. The molecule has 1 aromatic carbocycles. The van der Waals surface area contributed by atoms with Crippen LogP contribution in [0.25, 0.3) is 0 Å². The number of hydrogen-bond donors (Lipinski definition) is 1. The second-order valence-electron chi connectivity index (χ2n) is 3.46. The van der Waals surface area contributed by atoms with Crippen molar-refractivity contribution in [3.8, 4) is 5.75 Å². The first-order valence-corrected chi connectivity index (χ1v) is 5.54. The van der Waals surface area contributed by atoms with Crippen LogP contribution in [0.15, 0.2) is 29.4 Å². The molecule has 0 saturated carbocycles. The summed E-state index contributed by atoms with van der Waals surface area (Å²) in [6.07, 6.45) is 0.523. The van der Waals surface area contributed by atoms with Crippen molar-refractivity contribution in [1.82, 2.24) is 0 Å². The summed E-state index contributed by atoms with van der Waals surface area (Å²) < 4.78 is 22.7. The molecule has 0 aromatic heterocycles. The van der Waals surface area contributed by atoms with Gasteiger partial charge in [-0.25, -0.2) is 4.39 Å². The van der Waals surface area contributed by atoms with Gasteiger partial charge in [0.1, 0.15) is 24.0 Å². The Kier molecular flexibility index (Phi) is 6.56. The summed E-state index contributed by atoms with van der Waals surface area (Å²) in [5, 5.41) is 3.68. The molecule has 0 heterocycles. The van der Waals surface area contributed by atoms with E-state index in [9.17, 15) is 4.39 Å². The van der Waals surface area contributed by atoms with E-state index < -0.39 is 0 Å². The number of rotatable bonds is 8. The lowest BCUT2D eigenvalue weighted by Crippen LogP contribution is -2.15. The van der Waals surface area contributed by atoms with Crippen LogP contribution in [0.1, 0.15) is 6.42 Å². The Bertz CT molecular complexity index is 368. The fourth-order valence-electron chi connectivity index (χ4n) is 1.11. The number of amidine groups is 1. The van der Waals surface area contributed by atoms with Crippen LogP contribution in [0.3, 0.4) is 0 Å². The third kappa shape index (κ3) is 6.05. The SMILES string of the molecule is COCCC(N)=NOCCOc1ccc(F)cc1. The van der Waals surface area contributed by atoms with Crippen molar-refractivity contribution in [1.29, 1.82) is 0 Å². The first-order chi connectivity index (χ1) is 8.72. The van der Waals surface area contributed by atoms with Gasteiger partial charge in [-0.3, -0.25) is 0 Å². The van der Waals surface area contributed by atoms with E-state index in [1.807, 2.05) is 0 Å². The van der Waals surface area contributed by atoms with E-state index in [1.54, 1.807) is 19.2 Å². The molecule has 6 heteroatoms. The van der Waals surface area contributed by atoms with Gasteiger partial charge in [-0.05, 0) is 24.3 Å². The Labute approximate surface area is 105 Å². The number of nitrogens with two attached hydrogens (primary N) is 1. The highest BCUT2D eigenvalue weighted by Crippen LogP contribution is 2.10. The molecule has 0 aliphatic rings. The molecule has 0 bridgehead atoms. The van der Waals surface area contributed by atoms with E-state index in [2.05, 4.69) is 5.16 Å². The number of benzene rings is 1. The van der Waals surface area contributed by atoms with E-state index in [0.29, 0.717) is 31.2 Å². The van der Waals surface area contributed by atoms with Crippen LogP contribution in [0.5, 0.6) is 5.75 Å². The topological polar surface area (TPSA) is 66.1 Å². The zero-order valence-electron chi connectivity index (χ0n) is 10.3. The number of halogens is 1. The molecule has 0 amide bonds. The molecule has 2 N–H and O–H groups in total. The Morgan fingerprint density at radius 2 is 1.94 bits per heavy atom. The van der Waals surface area contributed by atoms with Crippen LogP contribution in [-0.4, -0.2) is 32.8 Å². The lowest BCUT2D eigenvalue weighted by molar-refractivity contribution is 0.105. The fourth-order valence-corrected chi connectivity index (χ4v) is 1.11. The van der Waals surface area contributed by atoms with Gasteiger partial charge in [-0.1, -0.05) is 5.16 Å². The zero-order chi connectivity index (χ0) is 13.2. The van der Waals surface area contributed by atoms with Gasteiger partial charge in [-0.2, -0.15) is 0 Å². The Balaban J connectivity index is 2.13. The highest BCUT2D eigenvalue weighted by Gasteiger charge is 1.95. The normalized spacial score (nSPS) is 11.3. The van der Waals surface area contributed by atoms with Crippen LogP contribution in [0, 0.1) is 5.82 Å². The number of oxime groups is 1. The van der Waals surface area contributed by atoms with E-state index in [1.165, 1.54) is 12.1 Å². The summed E-state index contributed by atoms with van der Waals surface area (Å²) in [6.45, 7) is 1.09. The van der Waals surface area contributed by atoms with Crippen LogP contribution in [0.4, 0.5) is 4.39 Å². The van der Waals surface area contributed by atoms with E-state index >= 15 is 0 Å². The molecule has 0 spiro atoms. The van der Waals surface area contributed by atoms with Crippen LogP contribution in [0.2, 0.25) is 0 Å². The minimum atomic E-state index is -0.297. The first kappa shape index (κ1) is 14.2. The molecule has 0 saturated heterocycles. The first-order valence-electron chi connectivity index (χ1n) is 5.54. The predicted octanol–water partition coefficient (Wildman–Crippen LogP) is 1.53. The smallest absolute Gasteiger partial charge is 0.151 e. The van der Waals surface area contributed by atoms with Gasteiger partial charge in [-0.15, -0.1) is 0 Å². The summed E-state index contributed by atoms with van der Waals surface area (Å²) >= 11 is 0. The Morgan fingerprint density at radius 1 is 1.22 bits per heavy atom. The van der Waals surface area contributed by atoms with Gasteiger partial charge in [0.05, 0.1) is 6.61 Å². The van der Waals surface area contributed by atoms with Gasteiger partial charge in [0.2, 0.25) is 0 Å². The molecule has 0 aliphatic carbocycles. The molecule has 1 aromatic rings. The number of methoxy groups -OCH3 is 1. The minimum Gasteiger partial charge on any atom is -0.490 e. The standard InChI is InChI=1S/C12H17FN2O3/c1-16-7-6-12(14)15-18-9-8-17-11-4-2-10(13)3-5-11/h2-5H,6-9H2,1H3,(H2,14,15). The molecule has 0 fully saturated rings. The van der Waals surface area contributed by atoms with E-state index in [4.69, 9.17) is 20.0 Å². The molecule has 0 atom stereocenters. The summed E-state index contributed by atoms with van der Waals surface area (Å²) in [5.41, 5.74) is 5.53. The maximum absolute atomic E-state index is 12.6. The maximum atomic E-state index is 12.6. The Hall–Kier alpha value is -1.82. The number of nitrogens with zero attached hydrogens (tertiary/aromatic N) is 1. The zero-order valence-corrected chi connectivity index (χ0v) is 10.3.